The third-order valence-corrected chi connectivity index (χ3v) is 3.98. The van der Waals surface area contributed by atoms with Gasteiger partial charge in [-0.05, 0) is 12.1 Å². The van der Waals surface area contributed by atoms with Gasteiger partial charge in [-0.25, -0.2) is 4.39 Å². The summed E-state index contributed by atoms with van der Waals surface area (Å²) in [5, 5.41) is 0. The van der Waals surface area contributed by atoms with Crippen LogP contribution in [-0.4, -0.2) is 18.6 Å². The monoisotopic (exact) mass is 240 g/mol. The van der Waals surface area contributed by atoms with Crippen molar-refractivity contribution in [3.63, 3.8) is 0 Å². The maximum atomic E-state index is 13.9. The molecule has 0 saturated heterocycles. The summed E-state index contributed by atoms with van der Waals surface area (Å²) in [4.78, 5) is 12.0. The van der Waals surface area contributed by atoms with E-state index >= 15 is 0 Å². The number of fused-ring (bicyclic) bond motifs is 1. The van der Waals surface area contributed by atoms with Crippen molar-refractivity contribution < 1.29 is 13.9 Å². The number of halogens is 1. The highest BCUT2D eigenvalue weighted by atomic mass is 32.2. The van der Waals surface area contributed by atoms with Crippen molar-refractivity contribution in [2.24, 2.45) is 5.92 Å². The topological polar surface area (TPSA) is 26.3 Å². The van der Waals surface area contributed by atoms with Crippen LogP contribution in [0.1, 0.15) is 22.8 Å². The van der Waals surface area contributed by atoms with Crippen LogP contribution in [0.3, 0.4) is 0 Å². The SMILES string of the molecule is COc1ccc2c(c1F)CSCC(C)C2=O. The van der Waals surface area contributed by atoms with Crippen LogP contribution in [0.4, 0.5) is 4.39 Å². The lowest BCUT2D eigenvalue weighted by atomic mass is 9.96. The molecular formula is C12H13FO2S. The molecule has 1 aromatic rings. The number of thioether (sulfide) groups is 1. The first-order valence-corrected chi connectivity index (χ1v) is 6.28. The van der Waals surface area contributed by atoms with E-state index < -0.39 is 5.82 Å². The smallest absolute Gasteiger partial charge is 0.169 e. The van der Waals surface area contributed by atoms with Crippen molar-refractivity contribution in [1.82, 2.24) is 0 Å². The van der Waals surface area contributed by atoms with Gasteiger partial charge >= 0.3 is 0 Å². The van der Waals surface area contributed by atoms with E-state index in [9.17, 15) is 9.18 Å². The summed E-state index contributed by atoms with van der Waals surface area (Å²) in [5.74, 6) is 1.08. The standard InChI is InChI=1S/C12H13FO2S/c1-7-5-16-6-9-8(12(7)14)3-4-10(15-2)11(9)13/h3-4,7H,5-6H2,1-2H3. The van der Waals surface area contributed by atoms with Gasteiger partial charge in [-0.3, -0.25) is 4.79 Å². The fourth-order valence-electron chi connectivity index (χ4n) is 1.81. The van der Waals surface area contributed by atoms with Gasteiger partial charge in [0.2, 0.25) is 0 Å². The number of rotatable bonds is 1. The van der Waals surface area contributed by atoms with Crippen LogP contribution in [-0.2, 0) is 5.75 Å². The first-order valence-electron chi connectivity index (χ1n) is 5.12. The zero-order chi connectivity index (χ0) is 11.7. The molecule has 86 valence electrons. The molecule has 1 aromatic carbocycles. The second-order valence-electron chi connectivity index (χ2n) is 3.89. The van der Waals surface area contributed by atoms with Gasteiger partial charge in [0.25, 0.3) is 0 Å². The second kappa shape index (κ2) is 4.45. The molecule has 1 heterocycles. The lowest BCUT2D eigenvalue weighted by Crippen LogP contribution is -2.13. The van der Waals surface area contributed by atoms with Crippen LogP contribution in [0.15, 0.2) is 12.1 Å². The molecule has 1 aliphatic rings. The molecule has 2 rings (SSSR count). The first-order chi connectivity index (χ1) is 7.65. The number of Topliss-reactive ketones (excluding diaryl/α,β-unsaturated/α-hetero) is 1. The van der Waals surface area contributed by atoms with Crippen LogP contribution < -0.4 is 4.74 Å². The summed E-state index contributed by atoms with van der Waals surface area (Å²) in [6.07, 6.45) is 0. The molecule has 0 fully saturated rings. The highest BCUT2D eigenvalue weighted by Crippen LogP contribution is 2.32. The Morgan fingerprint density at radius 3 is 2.94 bits per heavy atom. The van der Waals surface area contributed by atoms with Crippen molar-refractivity contribution in [3.8, 4) is 5.75 Å². The number of carbonyl (C=O) groups is 1. The van der Waals surface area contributed by atoms with Gasteiger partial charge < -0.3 is 4.74 Å². The second-order valence-corrected chi connectivity index (χ2v) is 4.92. The lowest BCUT2D eigenvalue weighted by Gasteiger charge is -2.10. The Morgan fingerprint density at radius 2 is 2.25 bits per heavy atom. The van der Waals surface area contributed by atoms with Gasteiger partial charge in [-0.15, -0.1) is 0 Å². The Kier molecular flexibility index (Phi) is 3.19. The van der Waals surface area contributed by atoms with Gasteiger partial charge in [-0.1, -0.05) is 6.92 Å². The average Bonchev–Trinajstić information content (AvgIpc) is 2.42. The summed E-state index contributed by atoms with van der Waals surface area (Å²) >= 11 is 1.59. The normalized spacial score (nSPS) is 20.2. The third kappa shape index (κ3) is 1.82. The molecule has 0 aromatic heterocycles. The van der Waals surface area contributed by atoms with E-state index in [0.29, 0.717) is 16.9 Å². The van der Waals surface area contributed by atoms with Crippen molar-refractivity contribution in [1.29, 1.82) is 0 Å². The molecule has 0 spiro atoms. The zero-order valence-electron chi connectivity index (χ0n) is 9.25. The summed E-state index contributed by atoms with van der Waals surface area (Å²) in [5.41, 5.74) is 0.995. The van der Waals surface area contributed by atoms with Crippen LogP contribution in [0, 0.1) is 11.7 Å². The zero-order valence-corrected chi connectivity index (χ0v) is 10.1. The molecule has 0 bridgehead atoms. The number of hydrogen-bond acceptors (Lipinski definition) is 3. The van der Waals surface area contributed by atoms with E-state index in [0.717, 1.165) is 5.75 Å². The Morgan fingerprint density at radius 1 is 1.50 bits per heavy atom. The van der Waals surface area contributed by atoms with Crippen molar-refractivity contribution in [2.75, 3.05) is 12.9 Å². The molecule has 2 nitrogen and oxygen atoms in total. The van der Waals surface area contributed by atoms with Crippen molar-refractivity contribution in [3.05, 3.63) is 29.1 Å². The van der Waals surface area contributed by atoms with Crippen LogP contribution >= 0.6 is 11.8 Å². The van der Waals surface area contributed by atoms with E-state index in [1.165, 1.54) is 13.2 Å². The summed E-state index contributed by atoms with van der Waals surface area (Å²) in [6.45, 7) is 1.88. The Balaban J connectivity index is 2.55. The number of methoxy groups -OCH3 is 1. The molecule has 1 unspecified atom stereocenters. The number of hydrogen-bond donors (Lipinski definition) is 0. The molecule has 1 aliphatic heterocycles. The van der Waals surface area contributed by atoms with Crippen molar-refractivity contribution >= 4 is 17.5 Å². The fraction of sp³-hybridized carbons (Fsp3) is 0.417. The van der Waals surface area contributed by atoms with Gasteiger partial charge in [-0.2, -0.15) is 11.8 Å². The van der Waals surface area contributed by atoms with Crippen LogP contribution in [0.5, 0.6) is 5.75 Å². The minimum Gasteiger partial charge on any atom is -0.494 e. The molecule has 16 heavy (non-hydrogen) atoms. The number of benzene rings is 1. The highest BCUT2D eigenvalue weighted by Gasteiger charge is 2.25. The molecule has 0 aliphatic carbocycles. The molecular weight excluding hydrogens is 227 g/mol. The maximum Gasteiger partial charge on any atom is 0.169 e. The molecule has 4 heteroatoms. The van der Waals surface area contributed by atoms with E-state index in [2.05, 4.69) is 0 Å². The largest absolute Gasteiger partial charge is 0.494 e. The number of carbonyl (C=O) groups excluding carboxylic acids is 1. The molecule has 0 saturated carbocycles. The summed E-state index contributed by atoms with van der Waals surface area (Å²) < 4.78 is 18.9. The molecule has 0 radical (unpaired) electrons. The average molecular weight is 240 g/mol. The summed E-state index contributed by atoms with van der Waals surface area (Å²) in [6, 6.07) is 3.19. The fourth-order valence-corrected chi connectivity index (χ4v) is 2.92. The molecule has 1 atom stereocenters. The Labute approximate surface area is 98.2 Å². The van der Waals surface area contributed by atoms with Crippen LogP contribution in [0.2, 0.25) is 0 Å². The quantitative estimate of drug-likeness (QED) is 0.755. The molecule has 0 amide bonds. The van der Waals surface area contributed by atoms with E-state index in [1.807, 2.05) is 6.92 Å². The Bertz CT molecular complexity index is 431. The highest BCUT2D eigenvalue weighted by molar-refractivity contribution is 7.98. The van der Waals surface area contributed by atoms with Gasteiger partial charge in [0.05, 0.1) is 7.11 Å². The van der Waals surface area contributed by atoms with E-state index in [-0.39, 0.29) is 17.5 Å². The van der Waals surface area contributed by atoms with Gasteiger partial charge in [0, 0.05) is 28.6 Å². The van der Waals surface area contributed by atoms with Crippen molar-refractivity contribution in [2.45, 2.75) is 12.7 Å². The third-order valence-electron chi connectivity index (χ3n) is 2.75. The minimum atomic E-state index is -0.394. The van der Waals surface area contributed by atoms with Crippen LogP contribution in [0.25, 0.3) is 0 Å². The number of ether oxygens (including phenoxy) is 1. The predicted molar refractivity (Wildman–Crippen MR) is 62.6 cm³/mol. The maximum absolute atomic E-state index is 13.9. The van der Waals surface area contributed by atoms with E-state index in [1.54, 1.807) is 17.8 Å². The molecule has 0 N–H and O–H groups in total. The van der Waals surface area contributed by atoms with E-state index in [4.69, 9.17) is 4.74 Å². The first kappa shape index (κ1) is 11.5. The predicted octanol–water partition coefficient (Wildman–Crippen LogP) is 2.90. The lowest BCUT2D eigenvalue weighted by molar-refractivity contribution is 0.0941. The summed E-state index contributed by atoms with van der Waals surface area (Å²) in [7, 11) is 1.43. The Hall–Kier alpha value is -1.03. The number of ketones is 1. The van der Waals surface area contributed by atoms with Gasteiger partial charge in [0.15, 0.2) is 17.3 Å². The minimum absolute atomic E-state index is 0.0292. The van der Waals surface area contributed by atoms with Gasteiger partial charge in [0.1, 0.15) is 0 Å².